The number of fused-ring (bicyclic) bond motifs is 3. The van der Waals surface area contributed by atoms with Gasteiger partial charge in [-0.1, -0.05) is 33.6 Å². The van der Waals surface area contributed by atoms with E-state index in [0.29, 0.717) is 36.4 Å². The fourth-order valence-electron chi connectivity index (χ4n) is 4.22. The van der Waals surface area contributed by atoms with Crippen LogP contribution in [0.25, 0.3) is 0 Å². The van der Waals surface area contributed by atoms with Crippen LogP contribution in [0.15, 0.2) is 4.99 Å². The van der Waals surface area contributed by atoms with Gasteiger partial charge in [0, 0.05) is 19.1 Å². The molecular weight excluding hydrogens is 312 g/mol. The number of aliphatic imine (C=N–C) groups is 1. The van der Waals surface area contributed by atoms with Crippen LogP contribution in [-0.4, -0.2) is 28.0 Å². The minimum Gasteiger partial charge on any atom is -0.382 e. The second-order valence-electron chi connectivity index (χ2n) is 8.69. The van der Waals surface area contributed by atoms with Crippen molar-refractivity contribution in [1.82, 2.24) is 9.55 Å². The highest BCUT2D eigenvalue weighted by molar-refractivity contribution is 5.98. The van der Waals surface area contributed by atoms with Gasteiger partial charge in [-0.3, -0.25) is 4.99 Å². The van der Waals surface area contributed by atoms with E-state index in [1.165, 1.54) is 31.4 Å². The maximum atomic E-state index is 6.30. The summed E-state index contributed by atoms with van der Waals surface area (Å²) in [7, 11) is 0. The topological polar surface area (TPSA) is 65.4 Å². The Balaban J connectivity index is 1.92. The first-order chi connectivity index (χ1) is 11.9. The third kappa shape index (κ3) is 4.08. The van der Waals surface area contributed by atoms with E-state index >= 15 is 0 Å². The summed E-state index contributed by atoms with van der Waals surface area (Å²) in [5, 5.41) is 0. The van der Waals surface area contributed by atoms with Crippen molar-refractivity contribution in [2.45, 2.75) is 91.3 Å². The molecular formula is C20H34N4O. The average molecular weight is 347 g/mol. The Kier molecular flexibility index (Phi) is 5.52. The average Bonchev–Trinajstić information content (AvgIpc) is 2.91. The molecule has 1 aliphatic carbocycles. The molecule has 2 aliphatic rings. The summed E-state index contributed by atoms with van der Waals surface area (Å²) in [6.07, 6.45) is 7.25. The fraction of sp³-hybridized carbons (Fsp3) is 0.800. The van der Waals surface area contributed by atoms with E-state index in [2.05, 4.69) is 25.3 Å². The van der Waals surface area contributed by atoms with Gasteiger partial charge >= 0.3 is 0 Å². The van der Waals surface area contributed by atoms with Crippen molar-refractivity contribution >= 4 is 5.84 Å². The van der Waals surface area contributed by atoms with Crippen molar-refractivity contribution in [2.24, 2.45) is 16.1 Å². The first kappa shape index (κ1) is 18.4. The monoisotopic (exact) mass is 346 g/mol. The number of rotatable bonds is 6. The van der Waals surface area contributed by atoms with Crippen LogP contribution in [0.3, 0.4) is 0 Å². The Morgan fingerprint density at radius 3 is 2.72 bits per heavy atom. The van der Waals surface area contributed by atoms with Gasteiger partial charge in [0.15, 0.2) is 0 Å². The highest BCUT2D eigenvalue weighted by Crippen LogP contribution is 2.40. The Morgan fingerprint density at radius 1 is 1.24 bits per heavy atom. The minimum atomic E-state index is 0.347. The molecule has 2 heterocycles. The van der Waals surface area contributed by atoms with Crippen LogP contribution in [0, 0.1) is 5.41 Å². The quantitative estimate of drug-likeness (QED) is 0.847. The molecule has 1 saturated carbocycles. The van der Waals surface area contributed by atoms with Gasteiger partial charge in [0.25, 0.3) is 0 Å². The Bertz CT molecular complexity index is 626. The predicted molar refractivity (Wildman–Crippen MR) is 102 cm³/mol. The van der Waals surface area contributed by atoms with Crippen molar-refractivity contribution in [2.75, 3.05) is 6.61 Å². The lowest BCUT2D eigenvalue weighted by Crippen LogP contribution is -2.33. The number of aromatic nitrogens is 2. The van der Waals surface area contributed by atoms with Gasteiger partial charge < -0.3 is 15.0 Å². The number of amidine groups is 1. The molecule has 1 aromatic heterocycles. The number of hydrogen-bond acceptors (Lipinski definition) is 4. The molecule has 0 bridgehead atoms. The molecule has 0 aromatic carbocycles. The molecule has 1 aliphatic heterocycles. The van der Waals surface area contributed by atoms with E-state index in [1.807, 2.05) is 6.92 Å². The van der Waals surface area contributed by atoms with Crippen molar-refractivity contribution in [3.63, 3.8) is 0 Å². The standard InChI is InChI=1S/C20H34N4O/c1-5-25-13-16-23-17-18(24(16)12-8-11-20(2,3)4)14-9-6-7-10-15(14)22-19(17)21/h14-15H,5-13H2,1-4H3,(H2,21,22). The van der Waals surface area contributed by atoms with Crippen LogP contribution in [-0.2, 0) is 17.9 Å². The number of imidazole rings is 1. The van der Waals surface area contributed by atoms with Crippen LogP contribution in [0.4, 0.5) is 0 Å². The normalized spacial score (nSPS) is 23.1. The van der Waals surface area contributed by atoms with E-state index in [9.17, 15) is 0 Å². The molecule has 5 heteroatoms. The molecule has 2 atom stereocenters. The number of nitrogens with zero attached hydrogens (tertiary/aromatic N) is 3. The van der Waals surface area contributed by atoms with Crippen LogP contribution < -0.4 is 5.73 Å². The lowest BCUT2D eigenvalue weighted by atomic mass is 9.80. The molecule has 2 unspecified atom stereocenters. The first-order valence-corrected chi connectivity index (χ1v) is 9.91. The van der Waals surface area contributed by atoms with Gasteiger partial charge in [-0.2, -0.15) is 0 Å². The molecule has 0 saturated heterocycles. The second kappa shape index (κ2) is 7.48. The van der Waals surface area contributed by atoms with Crippen molar-refractivity contribution in [1.29, 1.82) is 0 Å². The Labute approximate surface area is 152 Å². The highest BCUT2D eigenvalue weighted by atomic mass is 16.5. The molecule has 1 aromatic rings. The summed E-state index contributed by atoms with van der Waals surface area (Å²) in [6, 6.07) is 0.347. The van der Waals surface area contributed by atoms with Gasteiger partial charge in [0.05, 0.1) is 11.7 Å². The largest absolute Gasteiger partial charge is 0.382 e. The molecule has 5 nitrogen and oxygen atoms in total. The molecule has 1 fully saturated rings. The maximum Gasteiger partial charge on any atom is 0.146 e. The van der Waals surface area contributed by atoms with Gasteiger partial charge in [-0.05, 0) is 38.0 Å². The second-order valence-corrected chi connectivity index (χ2v) is 8.69. The van der Waals surface area contributed by atoms with E-state index in [1.54, 1.807) is 0 Å². The van der Waals surface area contributed by atoms with Crippen molar-refractivity contribution in [3.8, 4) is 0 Å². The molecule has 0 spiro atoms. The van der Waals surface area contributed by atoms with Crippen LogP contribution in [0.1, 0.15) is 89.4 Å². The summed E-state index contributed by atoms with van der Waals surface area (Å²) >= 11 is 0. The summed E-state index contributed by atoms with van der Waals surface area (Å²) in [5.41, 5.74) is 8.91. The van der Waals surface area contributed by atoms with Crippen LogP contribution >= 0.6 is 0 Å². The zero-order valence-corrected chi connectivity index (χ0v) is 16.3. The van der Waals surface area contributed by atoms with Gasteiger partial charge in [-0.25, -0.2) is 4.98 Å². The Hall–Kier alpha value is -1.36. The van der Waals surface area contributed by atoms with E-state index in [-0.39, 0.29) is 0 Å². The summed E-state index contributed by atoms with van der Waals surface area (Å²) < 4.78 is 8.11. The maximum absolute atomic E-state index is 6.30. The molecule has 2 N–H and O–H groups in total. The molecule has 140 valence electrons. The Morgan fingerprint density at radius 2 is 2.00 bits per heavy atom. The van der Waals surface area contributed by atoms with E-state index in [4.69, 9.17) is 20.4 Å². The molecule has 25 heavy (non-hydrogen) atoms. The summed E-state index contributed by atoms with van der Waals surface area (Å²) in [4.78, 5) is 9.64. The lowest BCUT2D eigenvalue weighted by molar-refractivity contribution is 0.125. The molecule has 0 amide bonds. The smallest absolute Gasteiger partial charge is 0.146 e. The highest BCUT2D eigenvalue weighted by Gasteiger charge is 2.37. The summed E-state index contributed by atoms with van der Waals surface area (Å²) in [5.74, 6) is 2.13. The van der Waals surface area contributed by atoms with Gasteiger partial charge in [0.1, 0.15) is 24.0 Å². The fourth-order valence-corrected chi connectivity index (χ4v) is 4.22. The minimum absolute atomic E-state index is 0.347. The molecule has 0 radical (unpaired) electrons. The zero-order valence-electron chi connectivity index (χ0n) is 16.3. The lowest BCUT2D eigenvalue weighted by Gasteiger charge is -2.33. The number of hydrogen-bond donors (Lipinski definition) is 1. The van der Waals surface area contributed by atoms with E-state index < -0.39 is 0 Å². The summed E-state index contributed by atoms with van der Waals surface area (Å²) in [6.45, 7) is 11.2. The number of nitrogens with two attached hydrogens (primary N) is 1. The predicted octanol–water partition coefficient (Wildman–Crippen LogP) is 3.99. The van der Waals surface area contributed by atoms with Crippen LogP contribution in [0.5, 0.6) is 0 Å². The molecule has 3 rings (SSSR count). The zero-order chi connectivity index (χ0) is 18.0. The first-order valence-electron chi connectivity index (χ1n) is 9.91. The third-order valence-corrected chi connectivity index (χ3v) is 5.46. The SMILES string of the molecule is CCOCc1nc2c(n1CCCC(C)(C)C)C1CCCCC1N=C2N. The van der Waals surface area contributed by atoms with Gasteiger partial charge in [-0.15, -0.1) is 0 Å². The van der Waals surface area contributed by atoms with Gasteiger partial charge in [0.2, 0.25) is 0 Å². The van der Waals surface area contributed by atoms with Crippen LogP contribution in [0.2, 0.25) is 0 Å². The van der Waals surface area contributed by atoms with E-state index in [0.717, 1.165) is 30.9 Å². The number of ether oxygens (including phenoxy) is 1. The third-order valence-electron chi connectivity index (χ3n) is 5.46. The van der Waals surface area contributed by atoms with Crippen molar-refractivity contribution in [3.05, 3.63) is 17.2 Å². The van der Waals surface area contributed by atoms with Crippen molar-refractivity contribution < 1.29 is 4.74 Å².